The quantitative estimate of drug-likeness (QED) is 0.858. The highest BCUT2D eigenvalue weighted by molar-refractivity contribution is 6.30. The average Bonchev–Trinajstić information content (AvgIpc) is 2.50. The third-order valence-corrected chi connectivity index (χ3v) is 3.96. The second kappa shape index (κ2) is 8.22. The fourth-order valence-corrected chi connectivity index (χ4v) is 2.56. The van der Waals surface area contributed by atoms with Gasteiger partial charge in [0.25, 0.3) is 0 Å². The summed E-state index contributed by atoms with van der Waals surface area (Å²) in [5, 5.41) is 3.71. The number of carbonyl (C=O) groups excluding carboxylic acids is 1. The van der Waals surface area contributed by atoms with Gasteiger partial charge in [0, 0.05) is 50.8 Å². The summed E-state index contributed by atoms with van der Waals surface area (Å²) in [4.78, 5) is 16.2. The van der Waals surface area contributed by atoms with Crippen molar-refractivity contribution >= 4 is 17.6 Å². The molecule has 1 saturated heterocycles. The Morgan fingerprint density at radius 1 is 1.19 bits per heavy atom. The summed E-state index contributed by atoms with van der Waals surface area (Å²) in [6.07, 6.45) is 0.816. The zero-order valence-corrected chi connectivity index (χ0v) is 13.0. The van der Waals surface area contributed by atoms with E-state index in [1.165, 1.54) is 5.56 Å². The average molecular weight is 311 g/mol. The molecule has 1 aromatic rings. The van der Waals surface area contributed by atoms with Crippen molar-refractivity contribution in [3.05, 3.63) is 34.9 Å². The Bertz CT molecular complexity index is 443. The molecule has 1 fully saturated rings. The van der Waals surface area contributed by atoms with Gasteiger partial charge in [-0.05, 0) is 24.1 Å². The fraction of sp³-hybridized carbons (Fsp3) is 0.533. The minimum Gasteiger partial charge on any atom is -0.338 e. The van der Waals surface area contributed by atoms with Gasteiger partial charge in [-0.3, -0.25) is 4.90 Å². The van der Waals surface area contributed by atoms with Crippen LogP contribution in [0, 0.1) is 0 Å². The van der Waals surface area contributed by atoms with Crippen molar-refractivity contribution in [1.29, 1.82) is 0 Å². The maximum atomic E-state index is 12.1. The topological polar surface area (TPSA) is 61.6 Å². The van der Waals surface area contributed by atoms with Crippen LogP contribution in [-0.4, -0.2) is 61.6 Å². The number of nitrogens with two attached hydrogens (primary N) is 1. The van der Waals surface area contributed by atoms with Crippen LogP contribution in [0.15, 0.2) is 24.3 Å². The van der Waals surface area contributed by atoms with E-state index < -0.39 is 0 Å². The van der Waals surface area contributed by atoms with E-state index in [1.54, 1.807) is 0 Å². The molecule has 0 aliphatic carbocycles. The Balaban J connectivity index is 1.67. The van der Waals surface area contributed by atoms with Crippen LogP contribution in [0.25, 0.3) is 0 Å². The number of nitrogens with zero attached hydrogens (tertiary/aromatic N) is 2. The zero-order chi connectivity index (χ0) is 15.1. The van der Waals surface area contributed by atoms with Gasteiger partial charge in [0.05, 0.1) is 0 Å². The summed E-state index contributed by atoms with van der Waals surface area (Å²) < 4.78 is 0. The molecule has 0 saturated carbocycles. The van der Waals surface area contributed by atoms with Crippen LogP contribution in [0.3, 0.4) is 0 Å². The summed E-state index contributed by atoms with van der Waals surface area (Å²) in [6.45, 7) is 5.58. The van der Waals surface area contributed by atoms with Crippen LogP contribution in [0.2, 0.25) is 5.02 Å². The van der Waals surface area contributed by atoms with Crippen molar-refractivity contribution in [1.82, 2.24) is 15.1 Å². The van der Waals surface area contributed by atoms with Crippen molar-refractivity contribution < 1.29 is 4.79 Å². The first kappa shape index (κ1) is 16.1. The molecule has 0 spiro atoms. The van der Waals surface area contributed by atoms with Gasteiger partial charge >= 0.3 is 6.03 Å². The zero-order valence-electron chi connectivity index (χ0n) is 12.2. The molecular weight excluding hydrogens is 288 g/mol. The molecule has 0 radical (unpaired) electrons. The largest absolute Gasteiger partial charge is 0.338 e. The number of hydrogen-bond acceptors (Lipinski definition) is 3. The molecule has 0 bridgehead atoms. The van der Waals surface area contributed by atoms with Gasteiger partial charge in [-0.1, -0.05) is 23.7 Å². The number of nitrogens with one attached hydrogen (secondary N) is 1. The monoisotopic (exact) mass is 310 g/mol. The normalized spacial score (nSPS) is 16.0. The highest BCUT2D eigenvalue weighted by Crippen LogP contribution is 2.09. The van der Waals surface area contributed by atoms with E-state index in [2.05, 4.69) is 10.2 Å². The minimum absolute atomic E-state index is 0.0244. The first-order chi connectivity index (χ1) is 10.2. The van der Waals surface area contributed by atoms with E-state index >= 15 is 0 Å². The van der Waals surface area contributed by atoms with E-state index in [9.17, 15) is 4.79 Å². The smallest absolute Gasteiger partial charge is 0.317 e. The standard InChI is InChI=1S/C15H23ClN4O/c16-14-3-1-13(2-4-14)5-7-18-15(21)20-11-9-19(8-6-17)10-12-20/h1-4H,5-12,17H2,(H,18,21). The van der Waals surface area contributed by atoms with Crippen LogP contribution in [0.4, 0.5) is 4.79 Å². The Labute approximate surface area is 131 Å². The lowest BCUT2D eigenvalue weighted by Crippen LogP contribution is -2.52. The minimum atomic E-state index is 0.0244. The number of benzene rings is 1. The van der Waals surface area contributed by atoms with E-state index in [-0.39, 0.29) is 6.03 Å². The summed E-state index contributed by atoms with van der Waals surface area (Å²) >= 11 is 5.84. The van der Waals surface area contributed by atoms with Gasteiger partial charge in [0.1, 0.15) is 0 Å². The van der Waals surface area contributed by atoms with Gasteiger partial charge in [-0.15, -0.1) is 0 Å². The van der Waals surface area contributed by atoms with Crippen LogP contribution in [-0.2, 0) is 6.42 Å². The molecule has 2 rings (SSSR count). The molecule has 21 heavy (non-hydrogen) atoms. The van der Waals surface area contributed by atoms with Gasteiger partial charge in [-0.25, -0.2) is 4.79 Å². The van der Waals surface area contributed by atoms with Crippen LogP contribution in [0.1, 0.15) is 5.56 Å². The highest BCUT2D eigenvalue weighted by Gasteiger charge is 2.19. The van der Waals surface area contributed by atoms with E-state index in [1.807, 2.05) is 29.2 Å². The number of amides is 2. The predicted molar refractivity (Wildman–Crippen MR) is 85.6 cm³/mol. The Kier molecular flexibility index (Phi) is 6.29. The molecule has 1 aliphatic heterocycles. The Hall–Kier alpha value is -1.30. The summed E-state index contributed by atoms with van der Waals surface area (Å²) in [7, 11) is 0. The van der Waals surface area contributed by atoms with E-state index in [0.717, 1.165) is 44.2 Å². The van der Waals surface area contributed by atoms with Crippen molar-refractivity contribution in [3.8, 4) is 0 Å². The third-order valence-electron chi connectivity index (χ3n) is 3.71. The van der Waals surface area contributed by atoms with Gasteiger partial charge in [-0.2, -0.15) is 0 Å². The van der Waals surface area contributed by atoms with E-state index in [4.69, 9.17) is 17.3 Å². The molecule has 3 N–H and O–H groups in total. The molecule has 6 heteroatoms. The molecule has 1 aliphatic rings. The fourth-order valence-electron chi connectivity index (χ4n) is 2.43. The molecule has 0 atom stereocenters. The lowest BCUT2D eigenvalue weighted by Gasteiger charge is -2.34. The number of hydrogen-bond donors (Lipinski definition) is 2. The molecule has 0 unspecified atom stereocenters. The van der Waals surface area contributed by atoms with Crippen LogP contribution >= 0.6 is 11.6 Å². The lowest BCUT2D eigenvalue weighted by atomic mass is 10.1. The number of carbonyl (C=O) groups is 1. The molecule has 2 amide bonds. The summed E-state index contributed by atoms with van der Waals surface area (Å²) in [6, 6.07) is 7.74. The SMILES string of the molecule is NCCN1CCN(C(=O)NCCc2ccc(Cl)cc2)CC1. The first-order valence-electron chi connectivity index (χ1n) is 7.38. The number of urea groups is 1. The Morgan fingerprint density at radius 3 is 2.48 bits per heavy atom. The molecule has 5 nitrogen and oxygen atoms in total. The van der Waals surface area contributed by atoms with Crippen LogP contribution < -0.4 is 11.1 Å². The van der Waals surface area contributed by atoms with Gasteiger partial charge in [0.15, 0.2) is 0 Å². The maximum Gasteiger partial charge on any atom is 0.317 e. The predicted octanol–water partition coefficient (Wildman–Crippen LogP) is 1.17. The number of halogens is 1. The van der Waals surface area contributed by atoms with Crippen molar-refractivity contribution in [3.63, 3.8) is 0 Å². The van der Waals surface area contributed by atoms with Gasteiger partial charge in [0.2, 0.25) is 0 Å². The first-order valence-corrected chi connectivity index (χ1v) is 7.76. The molecular formula is C15H23ClN4O. The Morgan fingerprint density at radius 2 is 1.86 bits per heavy atom. The molecule has 116 valence electrons. The number of rotatable bonds is 5. The molecule has 1 aromatic carbocycles. The molecule has 0 aromatic heterocycles. The van der Waals surface area contributed by atoms with E-state index in [0.29, 0.717) is 13.1 Å². The lowest BCUT2D eigenvalue weighted by molar-refractivity contribution is 0.141. The van der Waals surface area contributed by atoms with Gasteiger partial charge < -0.3 is 16.0 Å². The van der Waals surface area contributed by atoms with Crippen molar-refractivity contribution in [2.24, 2.45) is 5.73 Å². The maximum absolute atomic E-state index is 12.1. The van der Waals surface area contributed by atoms with Crippen LogP contribution in [0.5, 0.6) is 0 Å². The number of piperazine rings is 1. The second-order valence-corrected chi connectivity index (χ2v) is 5.66. The second-order valence-electron chi connectivity index (χ2n) is 5.23. The highest BCUT2D eigenvalue weighted by atomic mass is 35.5. The third kappa shape index (κ3) is 5.19. The molecule has 1 heterocycles. The summed E-state index contributed by atoms with van der Waals surface area (Å²) in [5.74, 6) is 0. The van der Waals surface area contributed by atoms with Crippen molar-refractivity contribution in [2.75, 3.05) is 45.8 Å². The van der Waals surface area contributed by atoms with Crippen molar-refractivity contribution in [2.45, 2.75) is 6.42 Å². The summed E-state index contributed by atoms with van der Waals surface area (Å²) in [5.41, 5.74) is 6.71.